The molecule has 3 N–H and O–H groups in total. The molecule has 22 heavy (non-hydrogen) atoms. The molecule has 0 saturated carbocycles. The van der Waals surface area contributed by atoms with Gasteiger partial charge in [-0.1, -0.05) is 11.8 Å². The van der Waals surface area contributed by atoms with Crippen LogP contribution in [0.1, 0.15) is 11.7 Å². The fraction of sp³-hybridized carbons (Fsp3) is 0.167. The summed E-state index contributed by atoms with van der Waals surface area (Å²) in [6.07, 6.45) is 0.605. The Hall–Kier alpha value is -2.43. The molecule has 0 saturated heterocycles. The van der Waals surface area contributed by atoms with E-state index in [1.165, 1.54) is 37.3 Å². The summed E-state index contributed by atoms with van der Waals surface area (Å²) in [7, 11) is 1.47. The Bertz CT molecular complexity index is 741. The van der Waals surface area contributed by atoms with E-state index in [4.69, 9.17) is 4.74 Å². The number of nitro groups is 1. The zero-order chi connectivity index (χ0) is 15.7. The molecule has 10 heteroatoms. The van der Waals surface area contributed by atoms with Crippen molar-refractivity contribution in [2.45, 2.75) is 16.1 Å². The lowest BCUT2D eigenvalue weighted by atomic mass is 10.1. The third-order valence-electron chi connectivity index (χ3n) is 3.11. The molecule has 1 unspecified atom stereocenters. The van der Waals surface area contributed by atoms with Gasteiger partial charge in [-0.25, -0.2) is 4.98 Å². The molecular weight excluding hydrogens is 310 g/mol. The summed E-state index contributed by atoms with van der Waals surface area (Å²) in [6.45, 7) is 0. The van der Waals surface area contributed by atoms with Crippen LogP contribution in [0.15, 0.2) is 34.4 Å². The first kappa shape index (κ1) is 14.5. The normalized spacial score (nSPS) is 16.0. The minimum Gasteiger partial charge on any atom is -0.479 e. The van der Waals surface area contributed by atoms with E-state index in [0.29, 0.717) is 22.2 Å². The molecule has 114 valence electrons. The number of hydrogen-bond acceptors (Lipinski definition) is 9. The second kappa shape index (κ2) is 5.75. The van der Waals surface area contributed by atoms with Crippen molar-refractivity contribution in [2.75, 3.05) is 12.4 Å². The smallest absolute Gasteiger partial charge is 0.269 e. The van der Waals surface area contributed by atoms with Crippen molar-refractivity contribution < 1.29 is 14.9 Å². The average molecular weight is 321 g/mol. The SMILES string of the molecule is COc1ncnc2c1NC(NO)c1cc([N+](=O)[O-])ccc1S2. The van der Waals surface area contributed by atoms with Crippen LogP contribution in [-0.2, 0) is 0 Å². The van der Waals surface area contributed by atoms with E-state index in [0.717, 1.165) is 4.90 Å². The molecule has 0 aliphatic carbocycles. The summed E-state index contributed by atoms with van der Waals surface area (Å²) in [4.78, 5) is 19.4. The van der Waals surface area contributed by atoms with Crippen molar-refractivity contribution in [2.24, 2.45) is 0 Å². The van der Waals surface area contributed by atoms with Crippen LogP contribution in [0, 0.1) is 10.1 Å². The topological polar surface area (TPSA) is 122 Å². The van der Waals surface area contributed by atoms with Gasteiger partial charge in [0.05, 0.1) is 12.0 Å². The number of methoxy groups -OCH3 is 1. The van der Waals surface area contributed by atoms with Crippen molar-refractivity contribution in [1.29, 1.82) is 0 Å². The predicted octanol–water partition coefficient (Wildman–Crippen LogP) is 1.95. The van der Waals surface area contributed by atoms with Crippen molar-refractivity contribution in [1.82, 2.24) is 15.4 Å². The largest absolute Gasteiger partial charge is 0.479 e. The third-order valence-corrected chi connectivity index (χ3v) is 4.21. The summed E-state index contributed by atoms with van der Waals surface area (Å²) in [5.41, 5.74) is 3.07. The molecule has 3 rings (SSSR count). The van der Waals surface area contributed by atoms with Gasteiger partial charge in [-0.2, -0.15) is 10.5 Å². The molecule has 0 amide bonds. The number of benzene rings is 1. The Kier molecular flexibility index (Phi) is 3.79. The highest BCUT2D eigenvalue weighted by Crippen LogP contribution is 2.44. The van der Waals surface area contributed by atoms with Gasteiger partial charge in [0, 0.05) is 22.6 Å². The summed E-state index contributed by atoms with van der Waals surface area (Å²) in [6, 6.07) is 4.42. The Morgan fingerprint density at radius 3 is 3.00 bits per heavy atom. The molecule has 9 nitrogen and oxygen atoms in total. The maximum Gasteiger partial charge on any atom is 0.269 e. The number of anilines is 1. The van der Waals surface area contributed by atoms with Crippen LogP contribution in [0.4, 0.5) is 11.4 Å². The summed E-state index contributed by atoms with van der Waals surface area (Å²) in [5.74, 6) is 0.319. The number of fused-ring (bicyclic) bond motifs is 2. The van der Waals surface area contributed by atoms with Crippen LogP contribution in [0.5, 0.6) is 5.88 Å². The van der Waals surface area contributed by atoms with Crippen LogP contribution in [0.2, 0.25) is 0 Å². The molecule has 1 atom stereocenters. The summed E-state index contributed by atoms with van der Waals surface area (Å²) >= 11 is 1.31. The molecule has 1 aromatic heterocycles. The van der Waals surface area contributed by atoms with Gasteiger partial charge in [0.1, 0.15) is 23.2 Å². The number of nitrogens with one attached hydrogen (secondary N) is 2. The molecule has 0 bridgehead atoms. The predicted molar refractivity (Wildman–Crippen MR) is 77.1 cm³/mol. The lowest BCUT2D eigenvalue weighted by Gasteiger charge is -2.18. The minimum absolute atomic E-state index is 0.0644. The number of nitrogens with zero attached hydrogens (tertiary/aromatic N) is 3. The van der Waals surface area contributed by atoms with E-state index in [1.807, 2.05) is 0 Å². The number of rotatable bonds is 3. The van der Waals surface area contributed by atoms with E-state index in [2.05, 4.69) is 20.8 Å². The Morgan fingerprint density at radius 2 is 2.32 bits per heavy atom. The third kappa shape index (κ3) is 2.43. The van der Waals surface area contributed by atoms with Crippen LogP contribution in [0.25, 0.3) is 0 Å². The fourth-order valence-corrected chi connectivity index (χ4v) is 3.09. The molecule has 2 heterocycles. The molecule has 0 fully saturated rings. The lowest BCUT2D eigenvalue weighted by Crippen LogP contribution is -2.25. The van der Waals surface area contributed by atoms with Gasteiger partial charge in [-0.05, 0) is 6.07 Å². The van der Waals surface area contributed by atoms with E-state index in [-0.39, 0.29) is 5.69 Å². The molecule has 0 spiro atoms. The second-order valence-electron chi connectivity index (χ2n) is 4.35. The average Bonchev–Trinajstić information content (AvgIpc) is 2.69. The van der Waals surface area contributed by atoms with E-state index < -0.39 is 11.1 Å². The number of hydroxylamine groups is 1. The van der Waals surface area contributed by atoms with Crippen molar-refractivity contribution in [3.8, 4) is 5.88 Å². The van der Waals surface area contributed by atoms with E-state index in [9.17, 15) is 15.3 Å². The molecule has 1 aliphatic rings. The van der Waals surface area contributed by atoms with Gasteiger partial charge in [0.2, 0.25) is 5.88 Å². The number of aromatic nitrogens is 2. The standard InChI is InChI=1S/C12H11N5O4S/c1-21-11-9-12(14-5-13-11)22-8-3-2-6(17(19)20)4-7(8)10(15-9)16-18/h2-5,10,15-16,18H,1H3. The summed E-state index contributed by atoms with van der Waals surface area (Å²) in [5, 5.41) is 23.9. The second-order valence-corrected chi connectivity index (χ2v) is 5.38. The molecule has 2 aromatic rings. The monoisotopic (exact) mass is 321 g/mol. The minimum atomic E-state index is -0.761. The molecule has 1 aromatic carbocycles. The first-order valence-electron chi connectivity index (χ1n) is 6.15. The van der Waals surface area contributed by atoms with E-state index in [1.54, 1.807) is 6.07 Å². The quantitative estimate of drug-likeness (QED) is 0.442. The highest BCUT2D eigenvalue weighted by atomic mass is 32.2. The maximum atomic E-state index is 10.9. The number of nitro benzene ring substituents is 1. The van der Waals surface area contributed by atoms with E-state index >= 15 is 0 Å². The Balaban J connectivity index is 2.13. The fourth-order valence-electron chi connectivity index (χ4n) is 2.11. The van der Waals surface area contributed by atoms with Crippen LogP contribution >= 0.6 is 11.8 Å². The van der Waals surface area contributed by atoms with Crippen LogP contribution in [-0.4, -0.2) is 27.2 Å². The van der Waals surface area contributed by atoms with Crippen LogP contribution in [0.3, 0.4) is 0 Å². The first-order chi connectivity index (χ1) is 10.6. The van der Waals surface area contributed by atoms with Crippen LogP contribution < -0.4 is 15.5 Å². The number of hydrogen-bond donors (Lipinski definition) is 3. The van der Waals surface area contributed by atoms with Gasteiger partial charge in [0.15, 0.2) is 0 Å². The van der Waals surface area contributed by atoms with Gasteiger partial charge in [-0.3, -0.25) is 10.1 Å². The Labute approximate surface area is 128 Å². The zero-order valence-electron chi connectivity index (χ0n) is 11.3. The van der Waals surface area contributed by atoms with Crippen molar-refractivity contribution in [3.63, 3.8) is 0 Å². The van der Waals surface area contributed by atoms with Gasteiger partial charge in [-0.15, -0.1) is 0 Å². The summed E-state index contributed by atoms with van der Waals surface area (Å²) < 4.78 is 5.18. The molecule has 0 radical (unpaired) electrons. The van der Waals surface area contributed by atoms with Crippen molar-refractivity contribution >= 4 is 23.1 Å². The van der Waals surface area contributed by atoms with Gasteiger partial charge >= 0.3 is 0 Å². The molecular formula is C12H11N5O4S. The highest BCUT2D eigenvalue weighted by Gasteiger charge is 2.27. The zero-order valence-corrected chi connectivity index (χ0v) is 12.1. The first-order valence-corrected chi connectivity index (χ1v) is 6.97. The maximum absolute atomic E-state index is 10.9. The number of non-ortho nitro benzene ring substituents is 1. The van der Waals surface area contributed by atoms with Crippen molar-refractivity contribution in [3.05, 3.63) is 40.2 Å². The lowest BCUT2D eigenvalue weighted by molar-refractivity contribution is -0.385. The Morgan fingerprint density at radius 1 is 1.50 bits per heavy atom. The number of ether oxygens (including phenoxy) is 1. The van der Waals surface area contributed by atoms with Gasteiger partial charge < -0.3 is 15.3 Å². The highest BCUT2D eigenvalue weighted by molar-refractivity contribution is 7.99. The van der Waals surface area contributed by atoms with Gasteiger partial charge in [0.25, 0.3) is 5.69 Å². The molecule has 1 aliphatic heterocycles.